The van der Waals surface area contributed by atoms with Gasteiger partial charge in [-0.05, 0) is 37.3 Å². The summed E-state index contributed by atoms with van der Waals surface area (Å²) in [4.78, 5) is 12.8. The van der Waals surface area contributed by atoms with Crippen LogP contribution in [0.5, 0.6) is 17.2 Å². The Morgan fingerprint density at radius 2 is 1.77 bits per heavy atom. The minimum absolute atomic E-state index is 0.0619. The molecule has 1 heterocycles. The minimum Gasteiger partial charge on any atom is -0.497 e. The Hall–Kier alpha value is -2.82. The molecule has 168 valence electrons. The molecule has 1 saturated heterocycles. The van der Waals surface area contributed by atoms with E-state index in [0.29, 0.717) is 30.5 Å². The average molecular weight is 451 g/mol. The van der Waals surface area contributed by atoms with Crippen LogP contribution in [0.15, 0.2) is 47.4 Å². The molecule has 0 radical (unpaired) electrons. The zero-order valence-electron chi connectivity index (χ0n) is 17.7. The molecule has 31 heavy (non-hydrogen) atoms. The first kappa shape index (κ1) is 22.9. The normalized spacial score (nSPS) is 15.7. The molecule has 10 heteroatoms. The van der Waals surface area contributed by atoms with Crippen LogP contribution in [-0.4, -0.2) is 65.3 Å². The molecule has 1 aliphatic heterocycles. The molecule has 9 nitrogen and oxygen atoms in total. The molecule has 3 rings (SSSR count). The second-order valence-corrected chi connectivity index (χ2v) is 8.74. The van der Waals surface area contributed by atoms with Gasteiger partial charge in [0.15, 0.2) is 6.10 Å². The number of sulfonamides is 1. The summed E-state index contributed by atoms with van der Waals surface area (Å²) in [5, 5.41) is 2.70. The standard InChI is InChI=1S/C21H26N2O7S/c1-15(30-17-6-4-5-16(13-17)27-2)21(24)22-19-14-18(7-8-20(19)28-3)31(25,26)23-9-11-29-12-10-23/h4-8,13-15H,9-12H2,1-3H3,(H,22,24)/t15-/m0/s1. The van der Waals surface area contributed by atoms with Gasteiger partial charge in [-0.15, -0.1) is 0 Å². The highest BCUT2D eigenvalue weighted by Gasteiger charge is 2.27. The topological polar surface area (TPSA) is 103 Å². The summed E-state index contributed by atoms with van der Waals surface area (Å²) in [5.41, 5.74) is 0.239. The smallest absolute Gasteiger partial charge is 0.265 e. The summed E-state index contributed by atoms with van der Waals surface area (Å²) in [5.74, 6) is 0.954. The highest BCUT2D eigenvalue weighted by molar-refractivity contribution is 7.89. The molecular formula is C21H26N2O7S. The Labute approximate surface area is 181 Å². The van der Waals surface area contributed by atoms with Crippen LogP contribution in [0.3, 0.4) is 0 Å². The van der Waals surface area contributed by atoms with E-state index in [2.05, 4.69) is 5.32 Å². The lowest BCUT2D eigenvalue weighted by Gasteiger charge is -2.26. The van der Waals surface area contributed by atoms with E-state index in [1.54, 1.807) is 38.3 Å². The van der Waals surface area contributed by atoms with Gasteiger partial charge in [0.05, 0.1) is 38.0 Å². The largest absolute Gasteiger partial charge is 0.497 e. The SMILES string of the molecule is COc1cccc(O[C@@H](C)C(=O)Nc2cc(S(=O)(=O)N3CCOCC3)ccc2OC)c1. The molecule has 1 amide bonds. The van der Waals surface area contributed by atoms with E-state index in [-0.39, 0.29) is 23.7 Å². The Balaban J connectivity index is 1.77. The first-order valence-electron chi connectivity index (χ1n) is 9.72. The fourth-order valence-electron chi connectivity index (χ4n) is 3.05. The van der Waals surface area contributed by atoms with Crippen molar-refractivity contribution in [2.45, 2.75) is 17.9 Å². The van der Waals surface area contributed by atoms with Crippen molar-refractivity contribution in [3.05, 3.63) is 42.5 Å². The van der Waals surface area contributed by atoms with Crippen LogP contribution in [0.4, 0.5) is 5.69 Å². The molecule has 0 unspecified atom stereocenters. The number of hydrogen-bond donors (Lipinski definition) is 1. The van der Waals surface area contributed by atoms with Gasteiger partial charge in [-0.25, -0.2) is 8.42 Å². The van der Waals surface area contributed by atoms with Crippen molar-refractivity contribution in [3.63, 3.8) is 0 Å². The summed E-state index contributed by atoms with van der Waals surface area (Å²) in [6, 6.07) is 11.2. The molecule has 0 aromatic heterocycles. The van der Waals surface area contributed by atoms with Crippen LogP contribution >= 0.6 is 0 Å². The van der Waals surface area contributed by atoms with Gasteiger partial charge in [-0.2, -0.15) is 4.31 Å². The average Bonchev–Trinajstić information content (AvgIpc) is 2.79. The number of hydrogen-bond acceptors (Lipinski definition) is 7. The lowest BCUT2D eigenvalue weighted by Crippen LogP contribution is -2.40. The summed E-state index contributed by atoms with van der Waals surface area (Å²) in [7, 11) is -0.738. The highest BCUT2D eigenvalue weighted by atomic mass is 32.2. The van der Waals surface area contributed by atoms with E-state index in [9.17, 15) is 13.2 Å². The predicted molar refractivity (Wildman–Crippen MR) is 114 cm³/mol. The Morgan fingerprint density at radius 3 is 2.45 bits per heavy atom. The Kier molecular flexibility index (Phi) is 7.37. The number of amides is 1. The number of morpholine rings is 1. The van der Waals surface area contributed by atoms with E-state index in [4.69, 9.17) is 18.9 Å². The number of nitrogens with one attached hydrogen (secondary N) is 1. The van der Waals surface area contributed by atoms with Crippen LogP contribution in [0, 0.1) is 0 Å². The molecule has 0 bridgehead atoms. The number of carbonyl (C=O) groups excluding carboxylic acids is 1. The molecule has 1 fully saturated rings. The van der Waals surface area contributed by atoms with Crippen molar-refractivity contribution in [1.82, 2.24) is 4.31 Å². The van der Waals surface area contributed by atoms with Crippen LogP contribution in [0.25, 0.3) is 0 Å². The predicted octanol–water partition coefficient (Wildman–Crippen LogP) is 2.13. The Morgan fingerprint density at radius 1 is 1.06 bits per heavy atom. The summed E-state index contributed by atoms with van der Waals surface area (Å²) < 4.78 is 48.6. The number of methoxy groups -OCH3 is 2. The zero-order valence-corrected chi connectivity index (χ0v) is 18.5. The van der Waals surface area contributed by atoms with Gasteiger partial charge < -0.3 is 24.3 Å². The quantitative estimate of drug-likeness (QED) is 0.657. The van der Waals surface area contributed by atoms with Crippen LogP contribution in [0.2, 0.25) is 0 Å². The maximum absolute atomic E-state index is 12.9. The first-order chi connectivity index (χ1) is 14.8. The molecule has 0 saturated carbocycles. The van der Waals surface area contributed by atoms with Gasteiger partial charge in [0.1, 0.15) is 17.2 Å². The van der Waals surface area contributed by atoms with E-state index in [1.165, 1.54) is 29.6 Å². The monoisotopic (exact) mass is 450 g/mol. The minimum atomic E-state index is -3.72. The van der Waals surface area contributed by atoms with E-state index < -0.39 is 22.0 Å². The molecule has 1 N–H and O–H groups in total. The second kappa shape index (κ2) is 9.99. The third-order valence-electron chi connectivity index (χ3n) is 4.76. The molecule has 1 aliphatic rings. The molecule has 2 aromatic rings. The first-order valence-corrected chi connectivity index (χ1v) is 11.2. The van der Waals surface area contributed by atoms with E-state index in [1.807, 2.05) is 0 Å². The fraction of sp³-hybridized carbons (Fsp3) is 0.381. The fourth-order valence-corrected chi connectivity index (χ4v) is 4.48. The van der Waals surface area contributed by atoms with Crippen molar-refractivity contribution in [2.24, 2.45) is 0 Å². The van der Waals surface area contributed by atoms with Crippen molar-refractivity contribution in [2.75, 3.05) is 45.8 Å². The summed E-state index contributed by atoms with van der Waals surface area (Å²) >= 11 is 0. The Bertz CT molecular complexity index is 1020. The summed E-state index contributed by atoms with van der Waals surface area (Å²) in [6.07, 6.45) is -0.851. The number of benzene rings is 2. The number of ether oxygens (including phenoxy) is 4. The highest BCUT2D eigenvalue weighted by Crippen LogP contribution is 2.30. The van der Waals surface area contributed by atoms with Crippen LogP contribution in [-0.2, 0) is 19.6 Å². The van der Waals surface area contributed by atoms with Crippen molar-refractivity contribution in [1.29, 1.82) is 0 Å². The van der Waals surface area contributed by atoms with E-state index >= 15 is 0 Å². The van der Waals surface area contributed by atoms with Crippen molar-refractivity contribution in [3.8, 4) is 17.2 Å². The second-order valence-electron chi connectivity index (χ2n) is 6.81. The maximum atomic E-state index is 12.9. The van der Waals surface area contributed by atoms with Crippen LogP contribution < -0.4 is 19.5 Å². The number of anilines is 1. The lowest BCUT2D eigenvalue weighted by atomic mass is 10.2. The van der Waals surface area contributed by atoms with Gasteiger partial charge in [0, 0.05) is 19.2 Å². The zero-order chi connectivity index (χ0) is 22.4. The lowest BCUT2D eigenvalue weighted by molar-refractivity contribution is -0.122. The maximum Gasteiger partial charge on any atom is 0.265 e. The molecular weight excluding hydrogens is 424 g/mol. The van der Waals surface area contributed by atoms with E-state index in [0.717, 1.165) is 0 Å². The molecule has 0 aliphatic carbocycles. The van der Waals surface area contributed by atoms with Gasteiger partial charge in [-0.3, -0.25) is 4.79 Å². The van der Waals surface area contributed by atoms with Gasteiger partial charge in [0.2, 0.25) is 10.0 Å². The van der Waals surface area contributed by atoms with Gasteiger partial charge >= 0.3 is 0 Å². The third kappa shape index (κ3) is 5.46. The number of nitrogens with zero attached hydrogens (tertiary/aromatic N) is 1. The van der Waals surface area contributed by atoms with Crippen LogP contribution in [0.1, 0.15) is 6.92 Å². The van der Waals surface area contributed by atoms with Gasteiger partial charge in [-0.1, -0.05) is 6.07 Å². The summed E-state index contributed by atoms with van der Waals surface area (Å²) in [6.45, 7) is 2.84. The van der Waals surface area contributed by atoms with Crippen molar-refractivity contribution >= 4 is 21.6 Å². The number of carbonyl (C=O) groups is 1. The molecule has 2 aromatic carbocycles. The third-order valence-corrected chi connectivity index (χ3v) is 6.65. The number of rotatable bonds is 8. The molecule has 1 atom stereocenters. The molecule has 0 spiro atoms. The van der Waals surface area contributed by atoms with Crippen molar-refractivity contribution < 1.29 is 32.2 Å². The van der Waals surface area contributed by atoms with Gasteiger partial charge in [0.25, 0.3) is 5.91 Å².